The Balaban J connectivity index is 0.000000739. The molecule has 0 spiro atoms. The molecule has 190 valence electrons. The predicted octanol–water partition coefficient (Wildman–Crippen LogP) is 5.64. The molecule has 1 aliphatic carbocycles. The molecular formula is C26H38F3N3O2. The Hall–Kier alpha value is -2.11. The first-order chi connectivity index (χ1) is 16.1. The van der Waals surface area contributed by atoms with Gasteiger partial charge in [0.05, 0.1) is 6.07 Å². The standard InChI is InChI=1S/C21H26F3N3O2.C5H12/c1-20(29,21(22,23)24)16-5-3-15(4-6-16)19(28)27(17-7-8-17)18-9-13-26(14-10-18)12-2-11-25;1-3-5-4-2/h3-6,17-18,29H,2,7-10,12-14H2,1H3;3-5H2,1-2H3. The number of piperidine rings is 1. The first-order valence-electron chi connectivity index (χ1n) is 12.4. The lowest BCUT2D eigenvalue weighted by Gasteiger charge is -2.38. The number of unbranched alkanes of at least 4 members (excludes halogenated alkanes) is 2. The number of benzene rings is 1. The highest BCUT2D eigenvalue weighted by atomic mass is 19.4. The van der Waals surface area contributed by atoms with E-state index in [2.05, 4.69) is 24.8 Å². The van der Waals surface area contributed by atoms with Gasteiger partial charge in [0.1, 0.15) is 0 Å². The second-order valence-electron chi connectivity index (χ2n) is 9.43. The molecule has 1 amide bonds. The van der Waals surface area contributed by atoms with Crippen LogP contribution in [0.3, 0.4) is 0 Å². The number of nitriles is 1. The number of rotatable bonds is 8. The Morgan fingerprint density at radius 1 is 1.09 bits per heavy atom. The van der Waals surface area contributed by atoms with E-state index in [0.717, 1.165) is 45.3 Å². The summed E-state index contributed by atoms with van der Waals surface area (Å²) in [7, 11) is 0. The molecule has 1 aromatic carbocycles. The molecule has 1 unspecified atom stereocenters. The van der Waals surface area contributed by atoms with Crippen molar-refractivity contribution >= 4 is 5.91 Å². The zero-order chi connectivity index (χ0) is 25.4. The summed E-state index contributed by atoms with van der Waals surface area (Å²) in [5.74, 6) is -0.166. The molecule has 1 saturated heterocycles. The molecule has 2 fully saturated rings. The van der Waals surface area contributed by atoms with Crippen molar-refractivity contribution in [1.29, 1.82) is 5.26 Å². The third-order valence-corrected chi connectivity index (χ3v) is 6.62. The summed E-state index contributed by atoms with van der Waals surface area (Å²) >= 11 is 0. The second-order valence-corrected chi connectivity index (χ2v) is 9.43. The molecule has 2 aliphatic rings. The van der Waals surface area contributed by atoms with Crippen LogP contribution in [0.4, 0.5) is 13.2 Å². The number of carbonyl (C=O) groups excluding carboxylic acids is 1. The number of aliphatic hydroxyl groups is 1. The monoisotopic (exact) mass is 481 g/mol. The SMILES string of the molecule is CC(O)(c1ccc(C(=O)N(C2CC2)C2CCN(CCC#N)CC2)cc1)C(F)(F)F.CCCCC. The minimum absolute atomic E-state index is 0.103. The van der Waals surface area contributed by atoms with E-state index in [1.54, 1.807) is 0 Å². The molecular weight excluding hydrogens is 443 g/mol. The summed E-state index contributed by atoms with van der Waals surface area (Å²) in [5, 5.41) is 18.5. The van der Waals surface area contributed by atoms with Gasteiger partial charge in [-0.3, -0.25) is 4.79 Å². The van der Waals surface area contributed by atoms with Crippen molar-refractivity contribution in [2.75, 3.05) is 19.6 Å². The van der Waals surface area contributed by atoms with Crippen molar-refractivity contribution in [1.82, 2.24) is 9.80 Å². The van der Waals surface area contributed by atoms with Gasteiger partial charge in [-0.2, -0.15) is 18.4 Å². The topological polar surface area (TPSA) is 67.6 Å². The first-order valence-corrected chi connectivity index (χ1v) is 12.4. The minimum Gasteiger partial charge on any atom is -0.376 e. The van der Waals surface area contributed by atoms with Gasteiger partial charge in [0, 0.05) is 43.7 Å². The van der Waals surface area contributed by atoms with Crippen molar-refractivity contribution in [2.45, 2.75) is 96.0 Å². The summed E-state index contributed by atoms with van der Waals surface area (Å²) in [6, 6.07) is 7.54. The third-order valence-electron chi connectivity index (χ3n) is 6.62. The molecule has 5 nitrogen and oxygen atoms in total. The number of hydrogen-bond donors (Lipinski definition) is 1. The zero-order valence-corrected chi connectivity index (χ0v) is 20.6. The molecule has 34 heavy (non-hydrogen) atoms. The van der Waals surface area contributed by atoms with Gasteiger partial charge in [-0.25, -0.2) is 0 Å². The quantitative estimate of drug-likeness (QED) is 0.522. The average Bonchev–Trinajstić information content (AvgIpc) is 3.64. The van der Waals surface area contributed by atoms with Crippen LogP contribution in [0.15, 0.2) is 24.3 Å². The van der Waals surface area contributed by atoms with Crippen LogP contribution in [-0.4, -0.2) is 58.7 Å². The van der Waals surface area contributed by atoms with Gasteiger partial charge in [-0.1, -0.05) is 45.2 Å². The van der Waals surface area contributed by atoms with Gasteiger partial charge in [0.15, 0.2) is 5.60 Å². The van der Waals surface area contributed by atoms with Crippen LogP contribution in [0.5, 0.6) is 0 Å². The zero-order valence-electron chi connectivity index (χ0n) is 20.6. The Labute approximate surface area is 201 Å². The van der Waals surface area contributed by atoms with Crippen molar-refractivity contribution < 1.29 is 23.1 Å². The molecule has 1 heterocycles. The summed E-state index contributed by atoms with van der Waals surface area (Å²) in [4.78, 5) is 17.2. The predicted molar refractivity (Wildman–Crippen MR) is 126 cm³/mol. The van der Waals surface area contributed by atoms with E-state index in [-0.39, 0.29) is 23.6 Å². The highest BCUT2D eigenvalue weighted by molar-refractivity contribution is 5.95. The van der Waals surface area contributed by atoms with E-state index in [1.807, 2.05) is 4.90 Å². The first kappa shape index (κ1) is 28.1. The van der Waals surface area contributed by atoms with Crippen LogP contribution in [0, 0.1) is 11.3 Å². The van der Waals surface area contributed by atoms with Gasteiger partial charge in [0.25, 0.3) is 5.91 Å². The van der Waals surface area contributed by atoms with Gasteiger partial charge in [-0.05, 0) is 50.3 Å². The van der Waals surface area contributed by atoms with E-state index in [4.69, 9.17) is 5.26 Å². The van der Waals surface area contributed by atoms with Crippen molar-refractivity contribution in [3.63, 3.8) is 0 Å². The van der Waals surface area contributed by atoms with Crippen molar-refractivity contribution in [3.05, 3.63) is 35.4 Å². The van der Waals surface area contributed by atoms with E-state index in [1.165, 1.54) is 43.5 Å². The summed E-state index contributed by atoms with van der Waals surface area (Å²) in [6.07, 6.45) is 3.32. The normalized spacial score (nSPS) is 18.9. The Bertz CT molecular complexity index is 804. The molecule has 1 atom stereocenters. The van der Waals surface area contributed by atoms with Crippen LogP contribution in [0.2, 0.25) is 0 Å². The van der Waals surface area contributed by atoms with Crippen LogP contribution in [0.25, 0.3) is 0 Å². The number of likely N-dealkylation sites (tertiary alicyclic amines) is 1. The molecule has 0 aromatic heterocycles. The van der Waals surface area contributed by atoms with Crippen LogP contribution < -0.4 is 0 Å². The molecule has 1 aromatic rings. The summed E-state index contributed by atoms with van der Waals surface area (Å²) < 4.78 is 39.1. The van der Waals surface area contributed by atoms with Crippen LogP contribution in [-0.2, 0) is 5.60 Å². The Morgan fingerprint density at radius 3 is 2.03 bits per heavy atom. The molecule has 1 aliphatic heterocycles. The third kappa shape index (κ3) is 7.44. The molecule has 1 N–H and O–H groups in total. The fourth-order valence-corrected chi connectivity index (χ4v) is 4.22. The molecule has 0 bridgehead atoms. The molecule has 8 heteroatoms. The van der Waals surface area contributed by atoms with Crippen LogP contribution in [0.1, 0.15) is 88.1 Å². The summed E-state index contributed by atoms with van der Waals surface area (Å²) in [6.45, 7) is 7.53. The van der Waals surface area contributed by atoms with Gasteiger partial charge >= 0.3 is 6.18 Å². The summed E-state index contributed by atoms with van der Waals surface area (Å²) in [5.41, 5.74) is -2.91. The average molecular weight is 482 g/mol. The van der Waals surface area contributed by atoms with Crippen LogP contribution >= 0.6 is 0 Å². The maximum absolute atomic E-state index is 13.1. The minimum atomic E-state index is -4.79. The highest BCUT2D eigenvalue weighted by Gasteiger charge is 2.51. The lowest BCUT2D eigenvalue weighted by atomic mass is 9.94. The Morgan fingerprint density at radius 2 is 1.62 bits per heavy atom. The lowest BCUT2D eigenvalue weighted by Crippen LogP contribution is -2.48. The molecule has 3 rings (SSSR count). The van der Waals surface area contributed by atoms with Crippen molar-refractivity contribution in [2.24, 2.45) is 0 Å². The second kappa shape index (κ2) is 12.6. The number of carbonyl (C=O) groups is 1. The van der Waals surface area contributed by atoms with Gasteiger partial charge in [0.2, 0.25) is 0 Å². The molecule has 0 radical (unpaired) electrons. The lowest BCUT2D eigenvalue weighted by molar-refractivity contribution is -0.258. The maximum atomic E-state index is 13.1. The van der Waals surface area contributed by atoms with E-state index in [9.17, 15) is 23.1 Å². The van der Waals surface area contributed by atoms with E-state index >= 15 is 0 Å². The van der Waals surface area contributed by atoms with E-state index in [0.29, 0.717) is 18.9 Å². The van der Waals surface area contributed by atoms with Gasteiger partial charge < -0.3 is 14.9 Å². The number of hydrogen-bond acceptors (Lipinski definition) is 4. The fraction of sp³-hybridized carbons (Fsp3) is 0.692. The van der Waals surface area contributed by atoms with Gasteiger partial charge in [-0.15, -0.1) is 0 Å². The Kier molecular flexibility index (Phi) is 10.4. The number of halogens is 3. The maximum Gasteiger partial charge on any atom is 0.421 e. The number of nitrogens with zero attached hydrogens (tertiary/aromatic N) is 3. The largest absolute Gasteiger partial charge is 0.421 e. The molecule has 1 saturated carbocycles. The number of alkyl halides is 3. The smallest absolute Gasteiger partial charge is 0.376 e. The number of amides is 1. The van der Waals surface area contributed by atoms with E-state index < -0.39 is 11.8 Å². The van der Waals surface area contributed by atoms with Crippen molar-refractivity contribution in [3.8, 4) is 6.07 Å². The highest BCUT2D eigenvalue weighted by Crippen LogP contribution is 2.39. The fourth-order valence-electron chi connectivity index (χ4n) is 4.22.